The molecule has 0 aliphatic carbocycles. The number of nitrogens with zero attached hydrogens (tertiary/aromatic N) is 1. The van der Waals surface area contributed by atoms with Crippen molar-refractivity contribution in [3.63, 3.8) is 0 Å². The maximum absolute atomic E-state index is 12.3. The van der Waals surface area contributed by atoms with E-state index in [1.807, 2.05) is 0 Å². The largest absolute Gasteiger partial charge is 0.391 e. The average molecular weight is 276 g/mol. The zero-order valence-electron chi connectivity index (χ0n) is 10.7. The van der Waals surface area contributed by atoms with Crippen molar-refractivity contribution >= 4 is 5.91 Å². The number of hydrogen-bond donors (Lipinski definition) is 2. The molecule has 0 saturated carbocycles. The fourth-order valence-electron chi connectivity index (χ4n) is 1.65. The van der Waals surface area contributed by atoms with Gasteiger partial charge in [0, 0.05) is 19.9 Å². The van der Waals surface area contributed by atoms with Crippen LogP contribution in [-0.2, 0) is 11.3 Å². The monoisotopic (exact) mass is 276 g/mol. The van der Waals surface area contributed by atoms with Crippen molar-refractivity contribution < 1.29 is 23.4 Å². The summed E-state index contributed by atoms with van der Waals surface area (Å²) >= 11 is 0. The predicted octanol–water partition coefficient (Wildman–Crippen LogP) is 0.880. The van der Waals surface area contributed by atoms with Gasteiger partial charge in [0.05, 0.1) is 19.3 Å². The van der Waals surface area contributed by atoms with Crippen molar-refractivity contribution in [2.45, 2.75) is 25.5 Å². The molecule has 5 nitrogen and oxygen atoms in total. The Balaban J connectivity index is 2.43. The first-order chi connectivity index (χ1) is 9.04. The second kappa shape index (κ2) is 7.85. The van der Waals surface area contributed by atoms with Crippen LogP contribution in [0, 0.1) is 0 Å². The molecule has 0 radical (unpaired) electrons. The molecule has 1 amide bonds. The van der Waals surface area contributed by atoms with Gasteiger partial charge in [-0.25, -0.2) is 8.78 Å². The molecular weight excluding hydrogens is 258 g/mol. The third kappa shape index (κ3) is 5.35. The molecule has 1 heterocycles. The summed E-state index contributed by atoms with van der Waals surface area (Å²) in [6.07, 6.45) is -1.39. The van der Waals surface area contributed by atoms with Gasteiger partial charge in [-0.15, -0.1) is 0 Å². The number of aliphatic hydroxyl groups excluding tert-OH is 1. The van der Waals surface area contributed by atoms with E-state index in [4.69, 9.17) is 4.74 Å². The zero-order valence-corrected chi connectivity index (χ0v) is 10.7. The Morgan fingerprint density at radius 2 is 2.32 bits per heavy atom. The Bertz CT molecular complexity index is 396. The fourth-order valence-corrected chi connectivity index (χ4v) is 1.65. The number of methoxy groups -OCH3 is 1. The number of nitrogens with one attached hydrogen (secondary N) is 1. The van der Waals surface area contributed by atoms with E-state index >= 15 is 0 Å². The number of aliphatic hydroxyl groups is 1. The number of ether oxygens (including phenoxy) is 1. The van der Waals surface area contributed by atoms with Gasteiger partial charge in [-0.1, -0.05) is 0 Å². The Morgan fingerprint density at radius 3 is 2.95 bits per heavy atom. The molecule has 1 aromatic rings. The van der Waals surface area contributed by atoms with E-state index in [-0.39, 0.29) is 18.8 Å². The van der Waals surface area contributed by atoms with Gasteiger partial charge in [-0.2, -0.15) is 0 Å². The highest BCUT2D eigenvalue weighted by molar-refractivity contribution is 5.92. The van der Waals surface area contributed by atoms with Crippen molar-refractivity contribution in [2.75, 3.05) is 20.3 Å². The van der Waals surface area contributed by atoms with Crippen molar-refractivity contribution in [2.24, 2.45) is 0 Å². The highest BCUT2D eigenvalue weighted by Gasteiger charge is 2.13. The number of hydrogen-bond acceptors (Lipinski definition) is 3. The molecule has 2 N–H and O–H groups in total. The molecule has 0 aromatic carbocycles. The van der Waals surface area contributed by atoms with E-state index in [0.29, 0.717) is 6.42 Å². The van der Waals surface area contributed by atoms with Crippen LogP contribution in [0.4, 0.5) is 8.78 Å². The van der Waals surface area contributed by atoms with E-state index in [0.717, 1.165) is 0 Å². The first-order valence-corrected chi connectivity index (χ1v) is 5.93. The Hall–Kier alpha value is -1.47. The van der Waals surface area contributed by atoms with Gasteiger partial charge < -0.3 is 19.7 Å². The molecule has 0 spiro atoms. The highest BCUT2D eigenvalue weighted by atomic mass is 19.3. The maximum Gasteiger partial charge on any atom is 0.267 e. The lowest BCUT2D eigenvalue weighted by molar-refractivity contribution is 0.0587. The number of amides is 1. The van der Waals surface area contributed by atoms with Gasteiger partial charge in [0.15, 0.2) is 0 Å². The minimum atomic E-state index is -2.51. The molecule has 1 aromatic heterocycles. The number of alkyl halides is 2. The van der Waals surface area contributed by atoms with E-state index < -0.39 is 25.0 Å². The van der Waals surface area contributed by atoms with Gasteiger partial charge in [0.1, 0.15) is 5.69 Å². The van der Waals surface area contributed by atoms with Crippen LogP contribution in [0.1, 0.15) is 16.9 Å². The molecule has 1 atom stereocenters. The summed E-state index contributed by atoms with van der Waals surface area (Å²) in [5, 5.41) is 12.0. The van der Waals surface area contributed by atoms with Crippen LogP contribution in [-0.4, -0.2) is 48.4 Å². The third-order valence-electron chi connectivity index (χ3n) is 2.52. The molecule has 7 heteroatoms. The van der Waals surface area contributed by atoms with Crippen LogP contribution in [0.3, 0.4) is 0 Å². The minimum absolute atomic E-state index is 0.182. The lowest BCUT2D eigenvalue weighted by Crippen LogP contribution is -2.30. The molecule has 1 unspecified atom stereocenters. The number of carbonyl (C=O) groups excluding carboxylic acids is 1. The van der Waals surface area contributed by atoms with Crippen LogP contribution in [0.15, 0.2) is 18.3 Å². The van der Waals surface area contributed by atoms with Crippen molar-refractivity contribution in [1.82, 2.24) is 9.88 Å². The smallest absolute Gasteiger partial charge is 0.267 e. The second-order valence-electron chi connectivity index (χ2n) is 4.09. The third-order valence-corrected chi connectivity index (χ3v) is 2.52. The quantitative estimate of drug-likeness (QED) is 0.741. The topological polar surface area (TPSA) is 63.5 Å². The van der Waals surface area contributed by atoms with E-state index in [9.17, 15) is 18.7 Å². The lowest BCUT2D eigenvalue weighted by atomic mass is 10.2. The van der Waals surface area contributed by atoms with Gasteiger partial charge in [-0.3, -0.25) is 4.79 Å². The Labute approximate surface area is 110 Å². The van der Waals surface area contributed by atoms with Crippen molar-refractivity contribution in [3.05, 3.63) is 24.0 Å². The molecule has 0 aliphatic rings. The average Bonchev–Trinajstić information content (AvgIpc) is 2.76. The van der Waals surface area contributed by atoms with Crippen molar-refractivity contribution in [3.8, 4) is 0 Å². The number of carbonyl (C=O) groups is 1. The maximum atomic E-state index is 12.3. The van der Waals surface area contributed by atoms with Crippen LogP contribution in [0.5, 0.6) is 0 Å². The highest BCUT2D eigenvalue weighted by Crippen LogP contribution is 2.06. The predicted molar refractivity (Wildman–Crippen MR) is 65.3 cm³/mol. The SMILES string of the molecule is COCC(O)CCNC(=O)c1cccn1CC(F)F. The minimum Gasteiger partial charge on any atom is -0.391 e. The van der Waals surface area contributed by atoms with Crippen LogP contribution < -0.4 is 5.32 Å². The van der Waals surface area contributed by atoms with Gasteiger partial charge in [0.2, 0.25) is 0 Å². The molecule has 108 valence electrons. The number of aromatic nitrogens is 1. The van der Waals surface area contributed by atoms with E-state index in [2.05, 4.69) is 5.32 Å². The molecular formula is C12H18F2N2O3. The fraction of sp³-hybridized carbons (Fsp3) is 0.583. The van der Waals surface area contributed by atoms with Gasteiger partial charge in [-0.05, 0) is 18.6 Å². The molecule has 0 aliphatic heterocycles. The summed E-state index contributed by atoms with van der Waals surface area (Å²) < 4.78 is 30.5. The molecule has 19 heavy (non-hydrogen) atoms. The van der Waals surface area contributed by atoms with Crippen molar-refractivity contribution in [1.29, 1.82) is 0 Å². The molecule has 0 saturated heterocycles. The molecule has 1 rings (SSSR count). The van der Waals surface area contributed by atoms with Crippen LogP contribution in [0.2, 0.25) is 0 Å². The zero-order chi connectivity index (χ0) is 14.3. The molecule has 0 bridgehead atoms. The molecule has 0 fully saturated rings. The van der Waals surface area contributed by atoms with E-state index in [1.165, 1.54) is 30.0 Å². The Morgan fingerprint density at radius 1 is 1.58 bits per heavy atom. The van der Waals surface area contributed by atoms with Crippen LogP contribution in [0.25, 0.3) is 0 Å². The summed E-state index contributed by atoms with van der Waals surface area (Å²) in [6, 6.07) is 3.01. The first kappa shape index (κ1) is 15.6. The van der Waals surface area contributed by atoms with Gasteiger partial charge >= 0.3 is 0 Å². The number of rotatable bonds is 8. The van der Waals surface area contributed by atoms with Gasteiger partial charge in [0.25, 0.3) is 12.3 Å². The van der Waals surface area contributed by atoms with Crippen LogP contribution >= 0.6 is 0 Å². The summed E-state index contributed by atoms with van der Waals surface area (Å²) in [4.78, 5) is 11.8. The summed E-state index contributed by atoms with van der Waals surface area (Å²) in [5.74, 6) is -0.435. The summed E-state index contributed by atoms with van der Waals surface area (Å²) in [7, 11) is 1.47. The first-order valence-electron chi connectivity index (χ1n) is 5.93. The second-order valence-corrected chi connectivity index (χ2v) is 4.09. The summed E-state index contributed by atoms with van der Waals surface area (Å²) in [5.41, 5.74) is 0.182. The normalized spacial score (nSPS) is 12.7. The number of halogens is 2. The Kier molecular flexibility index (Phi) is 6.44. The van der Waals surface area contributed by atoms with E-state index in [1.54, 1.807) is 0 Å². The summed E-state index contributed by atoms with van der Waals surface area (Å²) in [6.45, 7) is -0.0666. The lowest BCUT2D eigenvalue weighted by Gasteiger charge is -2.11. The standard InChI is InChI=1S/C12H18F2N2O3/c1-19-8-9(17)4-5-15-12(18)10-3-2-6-16(10)7-11(13)14/h2-3,6,9,11,17H,4-5,7-8H2,1H3,(H,15,18).